The van der Waals surface area contributed by atoms with Gasteiger partial charge in [-0.25, -0.2) is 4.39 Å². The van der Waals surface area contributed by atoms with Gasteiger partial charge in [-0.15, -0.1) is 10.2 Å². The van der Waals surface area contributed by atoms with Crippen molar-refractivity contribution in [1.82, 2.24) is 25.4 Å². The van der Waals surface area contributed by atoms with Gasteiger partial charge in [-0.1, -0.05) is 13.0 Å². The number of hydrogen-bond acceptors (Lipinski definition) is 3. The van der Waals surface area contributed by atoms with E-state index in [0.29, 0.717) is 0 Å². The Morgan fingerprint density at radius 1 is 1.29 bits per heavy atom. The molecule has 1 aromatic heterocycles. The lowest BCUT2D eigenvalue weighted by molar-refractivity contribution is 0.624. The number of nitrogens with one attached hydrogen (secondary N) is 2. The molecule has 2 rings (SSSR count). The summed E-state index contributed by atoms with van der Waals surface area (Å²) in [6.07, 6.45) is 3.43. The van der Waals surface area contributed by atoms with Gasteiger partial charge in [-0.05, 0) is 36.6 Å². The van der Waals surface area contributed by atoms with E-state index in [-0.39, 0.29) is 5.82 Å². The molecule has 0 radical (unpaired) electrons. The van der Waals surface area contributed by atoms with Crippen molar-refractivity contribution in [3.63, 3.8) is 0 Å². The van der Waals surface area contributed by atoms with Crippen LogP contribution in [0.2, 0.25) is 0 Å². The first-order chi connectivity index (χ1) is 11.6. The maximum Gasteiger partial charge on any atom is 0.191 e. The highest BCUT2D eigenvalue weighted by atomic mass is 19.1. The Bertz CT molecular complexity index is 679. The summed E-state index contributed by atoms with van der Waals surface area (Å²) in [4.78, 5) is 4.21. The molecular formula is C17H25FN6. The van der Waals surface area contributed by atoms with E-state index in [2.05, 4.69) is 32.7 Å². The van der Waals surface area contributed by atoms with Crippen molar-refractivity contribution >= 4 is 5.96 Å². The van der Waals surface area contributed by atoms with Crippen molar-refractivity contribution < 1.29 is 4.39 Å². The Balaban J connectivity index is 1.74. The van der Waals surface area contributed by atoms with E-state index in [9.17, 15) is 4.39 Å². The molecule has 0 aliphatic rings. The molecule has 130 valence electrons. The third-order valence-electron chi connectivity index (χ3n) is 3.87. The Labute approximate surface area is 142 Å². The summed E-state index contributed by atoms with van der Waals surface area (Å²) in [5.74, 6) is 1.54. The van der Waals surface area contributed by atoms with Crippen LogP contribution in [0.25, 0.3) is 0 Å². The number of rotatable bonds is 7. The molecule has 6 nitrogen and oxygen atoms in total. The van der Waals surface area contributed by atoms with Crippen LogP contribution in [0.1, 0.15) is 23.9 Å². The molecule has 0 spiro atoms. The Morgan fingerprint density at radius 2 is 2.08 bits per heavy atom. The van der Waals surface area contributed by atoms with Gasteiger partial charge in [0.15, 0.2) is 5.96 Å². The van der Waals surface area contributed by atoms with Crippen molar-refractivity contribution in [3.05, 3.63) is 47.3 Å². The highest BCUT2D eigenvalue weighted by Gasteiger charge is 2.03. The van der Waals surface area contributed by atoms with Crippen LogP contribution in [0.15, 0.2) is 29.5 Å². The van der Waals surface area contributed by atoms with E-state index < -0.39 is 0 Å². The molecule has 0 aliphatic carbocycles. The van der Waals surface area contributed by atoms with E-state index in [1.165, 1.54) is 6.07 Å². The quantitative estimate of drug-likeness (QED) is 0.598. The summed E-state index contributed by atoms with van der Waals surface area (Å²) >= 11 is 0. The smallest absolute Gasteiger partial charge is 0.191 e. The normalized spacial score (nSPS) is 11.6. The molecule has 0 unspecified atom stereocenters. The molecule has 1 aromatic carbocycles. The molecule has 0 saturated carbocycles. The highest BCUT2D eigenvalue weighted by Crippen LogP contribution is 2.10. The predicted octanol–water partition coefficient (Wildman–Crippen LogP) is 1.70. The average molecular weight is 332 g/mol. The second-order valence-electron chi connectivity index (χ2n) is 5.54. The maximum absolute atomic E-state index is 13.1. The molecule has 7 heteroatoms. The number of halogens is 1. The van der Waals surface area contributed by atoms with Crippen molar-refractivity contribution in [2.24, 2.45) is 4.99 Å². The van der Waals surface area contributed by atoms with E-state index in [1.807, 2.05) is 17.6 Å². The van der Waals surface area contributed by atoms with E-state index in [0.717, 1.165) is 55.4 Å². The summed E-state index contributed by atoms with van der Waals surface area (Å²) in [6, 6.07) is 4.90. The zero-order valence-electron chi connectivity index (χ0n) is 14.5. The predicted molar refractivity (Wildman–Crippen MR) is 93.6 cm³/mol. The van der Waals surface area contributed by atoms with E-state index >= 15 is 0 Å². The van der Waals surface area contributed by atoms with Crippen molar-refractivity contribution in [2.45, 2.75) is 33.2 Å². The summed E-state index contributed by atoms with van der Waals surface area (Å²) in [6.45, 7) is 6.25. The number of aryl methyl sites for hydroxylation is 2. The molecule has 24 heavy (non-hydrogen) atoms. The lowest BCUT2D eigenvalue weighted by Crippen LogP contribution is -2.39. The van der Waals surface area contributed by atoms with Gasteiger partial charge in [-0.2, -0.15) is 0 Å². The van der Waals surface area contributed by atoms with Gasteiger partial charge in [0.1, 0.15) is 18.0 Å². The standard InChI is InChI=1S/C17H25FN6/c1-4-16-23-22-12-24(16)10-9-21-17(19-3)20-8-7-14-5-6-15(18)11-13(14)2/h5-6,11-12H,4,7-10H2,1-3H3,(H2,19,20,21). The van der Waals surface area contributed by atoms with Gasteiger partial charge in [0, 0.05) is 33.1 Å². The molecule has 0 fully saturated rings. The molecular weight excluding hydrogens is 307 g/mol. The fourth-order valence-corrected chi connectivity index (χ4v) is 2.51. The highest BCUT2D eigenvalue weighted by molar-refractivity contribution is 5.79. The van der Waals surface area contributed by atoms with Crippen LogP contribution in [0.5, 0.6) is 0 Å². The summed E-state index contributed by atoms with van der Waals surface area (Å²) in [7, 11) is 1.74. The number of guanidine groups is 1. The number of nitrogens with zero attached hydrogens (tertiary/aromatic N) is 4. The van der Waals surface area contributed by atoms with Crippen LogP contribution in [0.3, 0.4) is 0 Å². The lowest BCUT2D eigenvalue weighted by atomic mass is 10.1. The molecule has 2 aromatic rings. The molecule has 2 N–H and O–H groups in total. The SMILES string of the molecule is CCc1nncn1CCNC(=NC)NCCc1ccc(F)cc1C. The van der Waals surface area contributed by atoms with Gasteiger partial charge in [0.05, 0.1) is 0 Å². The minimum atomic E-state index is -0.192. The molecule has 0 saturated heterocycles. The van der Waals surface area contributed by atoms with Gasteiger partial charge in [-0.3, -0.25) is 4.99 Å². The Morgan fingerprint density at radius 3 is 2.79 bits per heavy atom. The van der Waals surface area contributed by atoms with Crippen LogP contribution < -0.4 is 10.6 Å². The average Bonchev–Trinajstić information content (AvgIpc) is 3.02. The van der Waals surface area contributed by atoms with Gasteiger partial charge in [0.2, 0.25) is 0 Å². The first-order valence-electron chi connectivity index (χ1n) is 8.20. The van der Waals surface area contributed by atoms with Crippen LogP contribution >= 0.6 is 0 Å². The lowest BCUT2D eigenvalue weighted by Gasteiger charge is -2.13. The Kier molecular flexibility index (Phi) is 6.72. The minimum Gasteiger partial charge on any atom is -0.356 e. The molecule has 1 heterocycles. The zero-order valence-corrected chi connectivity index (χ0v) is 14.5. The zero-order chi connectivity index (χ0) is 17.4. The van der Waals surface area contributed by atoms with E-state index in [4.69, 9.17) is 0 Å². The number of hydrogen-bond donors (Lipinski definition) is 2. The van der Waals surface area contributed by atoms with Gasteiger partial charge >= 0.3 is 0 Å². The van der Waals surface area contributed by atoms with Gasteiger partial charge < -0.3 is 15.2 Å². The number of aromatic nitrogens is 3. The second-order valence-corrected chi connectivity index (χ2v) is 5.54. The third-order valence-corrected chi connectivity index (χ3v) is 3.87. The minimum absolute atomic E-state index is 0.192. The van der Waals surface area contributed by atoms with Crippen LogP contribution in [-0.2, 0) is 19.4 Å². The third kappa shape index (κ3) is 5.04. The van der Waals surface area contributed by atoms with Crippen molar-refractivity contribution in [1.29, 1.82) is 0 Å². The van der Waals surface area contributed by atoms with Crippen LogP contribution in [-0.4, -0.2) is 40.9 Å². The monoisotopic (exact) mass is 332 g/mol. The largest absolute Gasteiger partial charge is 0.356 e. The van der Waals surface area contributed by atoms with Crippen molar-refractivity contribution in [3.8, 4) is 0 Å². The fraction of sp³-hybridized carbons (Fsp3) is 0.471. The molecule has 0 aliphatic heterocycles. The summed E-state index contributed by atoms with van der Waals surface area (Å²) in [5, 5.41) is 14.5. The fourth-order valence-electron chi connectivity index (χ4n) is 2.51. The van der Waals surface area contributed by atoms with Crippen LogP contribution in [0, 0.1) is 12.7 Å². The first kappa shape index (κ1) is 17.9. The Hall–Kier alpha value is -2.44. The summed E-state index contributed by atoms with van der Waals surface area (Å²) in [5.41, 5.74) is 2.11. The van der Waals surface area contributed by atoms with E-state index in [1.54, 1.807) is 19.4 Å². The molecule has 0 amide bonds. The number of aliphatic imine (C=N–C) groups is 1. The second kappa shape index (κ2) is 9.00. The molecule has 0 bridgehead atoms. The summed E-state index contributed by atoms with van der Waals surface area (Å²) < 4.78 is 15.1. The van der Waals surface area contributed by atoms with Crippen LogP contribution in [0.4, 0.5) is 4.39 Å². The topological polar surface area (TPSA) is 67.1 Å². The number of benzene rings is 1. The first-order valence-corrected chi connectivity index (χ1v) is 8.20. The molecule has 0 atom stereocenters. The van der Waals surface area contributed by atoms with Gasteiger partial charge in [0.25, 0.3) is 0 Å². The maximum atomic E-state index is 13.1. The van der Waals surface area contributed by atoms with Crippen molar-refractivity contribution in [2.75, 3.05) is 20.1 Å².